The fourth-order valence-electron chi connectivity index (χ4n) is 1.86. The zero-order chi connectivity index (χ0) is 14.7. The van der Waals surface area contributed by atoms with Gasteiger partial charge in [-0.15, -0.1) is 0 Å². The lowest BCUT2D eigenvalue weighted by atomic mass is 10.1. The van der Waals surface area contributed by atoms with Gasteiger partial charge in [0.25, 0.3) is 0 Å². The number of nitrogens with zero attached hydrogens (tertiary/aromatic N) is 1. The van der Waals surface area contributed by atoms with Gasteiger partial charge in [0.1, 0.15) is 0 Å². The monoisotopic (exact) mass is 358 g/mol. The van der Waals surface area contributed by atoms with Crippen molar-refractivity contribution >= 4 is 43.9 Å². The summed E-state index contributed by atoms with van der Waals surface area (Å²) in [5.41, 5.74) is 1.60. The van der Waals surface area contributed by atoms with Crippen LogP contribution in [0.1, 0.15) is 15.2 Å². The smallest absolute Gasteiger partial charge is 0.205 e. The van der Waals surface area contributed by atoms with Crippen molar-refractivity contribution in [2.24, 2.45) is 0 Å². The quantitative estimate of drug-likeness (QED) is 0.675. The lowest BCUT2D eigenvalue weighted by molar-refractivity contribution is 0.104. The van der Waals surface area contributed by atoms with Crippen LogP contribution in [0.4, 0.5) is 10.8 Å². The van der Waals surface area contributed by atoms with Gasteiger partial charge in [0, 0.05) is 15.7 Å². The Morgan fingerprint density at radius 2 is 1.76 bits per heavy atom. The van der Waals surface area contributed by atoms with E-state index in [1.165, 1.54) is 11.3 Å². The molecule has 3 rings (SSSR count). The Labute approximate surface area is 134 Å². The summed E-state index contributed by atoms with van der Waals surface area (Å²) in [5.74, 6) is -0.0268. The van der Waals surface area contributed by atoms with E-state index in [-0.39, 0.29) is 5.78 Å². The number of carbonyl (C=O) groups excluding carboxylic acids is 1. The number of para-hydroxylation sites is 1. The number of anilines is 2. The number of aromatic nitrogens is 1. The summed E-state index contributed by atoms with van der Waals surface area (Å²) in [6.07, 6.45) is 1.61. The van der Waals surface area contributed by atoms with E-state index in [0.717, 1.165) is 10.2 Å². The summed E-state index contributed by atoms with van der Waals surface area (Å²) in [6, 6.07) is 17.2. The van der Waals surface area contributed by atoms with Gasteiger partial charge in [-0.05, 0) is 24.3 Å². The van der Waals surface area contributed by atoms with E-state index in [0.29, 0.717) is 15.6 Å². The molecule has 21 heavy (non-hydrogen) atoms. The SMILES string of the molecule is O=C(c1cnc(Nc2ccccc2)s1)c1ccccc1Br. The molecule has 0 bridgehead atoms. The molecule has 0 aliphatic carbocycles. The van der Waals surface area contributed by atoms with Crippen LogP contribution in [0, 0.1) is 0 Å². The highest BCUT2D eigenvalue weighted by atomic mass is 79.9. The topological polar surface area (TPSA) is 42.0 Å². The molecule has 0 saturated carbocycles. The molecule has 0 spiro atoms. The van der Waals surface area contributed by atoms with Crippen molar-refractivity contribution in [3.05, 3.63) is 75.7 Å². The molecule has 0 fully saturated rings. The van der Waals surface area contributed by atoms with Gasteiger partial charge in [-0.25, -0.2) is 4.98 Å². The first-order valence-electron chi connectivity index (χ1n) is 6.31. The van der Waals surface area contributed by atoms with Crippen LogP contribution in [0.25, 0.3) is 0 Å². The first-order valence-corrected chi connectivity index (χ1v) is 7.92. The van der Waals surface area contributed by atoms with Gasteiger partial charge in [-0.1, -0.05) is 57.6 Å². The van der Waals surface area contributed by atoms with E-state index >= 15 is 0 Å². The molecule has 0 aliphatic rings. The van der Waals surface area contributed by atoms with E-state index in [4.69, 9.17) is 0 Å². The van der Waals surface area contributed by atoms with Crippen molar-refractivity contribution in [1.29, 1.82) is 0 Å². The van der Waals surface area contributed by atoms with E-state index in [9.17, 15) is 4.79 Å². The van der Waals surface area contributed by atoms with Crippen molar-refractivity contribution in [2.45, 2.75) is 0 Å². The van der Waals surface area contributed by atoms with Crippen molar-refractivity contribution in [3.63, 3.8) is 0 Å². The van der Waals surface area contributed by atoms with Crippen LogP contribution in [0.3, 0.4) is 0 Å². The van der Waals surface area contributed by atoms with Crippen LogP contribution in [0.2, 0.25) is 0 Å². The van der Waals surface area contributed by atoms with Gasteiger partial charge >= 0.3 is 0 Å². The van der Waals surface area contributed by atoms with Crippen molar-refractivity contribution in [3.8, 4) is 0 Å². The summed E-state index contributed by atoms with van der Waals surface area (Å²) in [4.78, 5) is 17.3. The molecule has 0 saturated heterocycles. The number of hydrogen-bond donors (Lipinski definition) is 1. The maximum atomic E-state index is 12.4. The Morgan fingerprint density at radius 1 is 1.05 bits per heavy atom. The molecule has 104 valence electrons. The van der Waals surface area contributed by atoms with Crippen LogP contribution in [0.5, 0.6) is 0 Å². The van der Waals surface area contributed by atoms with Crippen LogP contribution in [-0.4, -0.2) is 10.8 Å². The van der Waals surface area contributed by atoms with Crippen molar-refractivity contribution in [2.75, 3.05) is 5.32 Å². The second-order valence-corrected chi connectivity index (χ2v) is 6.21. The van der Waals surface area contributed by atoms with Crippen LogP contribution < -0.4 is 5.32 Å². The molecule has 3 aromatic rings. The Hall–Kier alpha value is -1.98. The molecule has 5 heteroatoms. The number of hydrogen-bond acceptors (Lipinski definition) is 4. The predicted octanol–water partition coefficient (Wildman–Crippen LogP) is 4.88. The maximum Gasteiger partial charge on any atom is 0.205 e. The lowest BCUT2D eigenvalue weighted by Crippen LogP contribution is -1.99. The molecule has 3 nitrogen and oxygen atoms in total. The third kappa shape index (κ3) is 3.20. The van der Waals surface area contributed by atoms with Gasteiger partial charge < -0.3 is 5.32 Å². The normalized spacial score (nSPS) is 10.3. The summed E-state index contributed by atoms with van der Waals surface area (Å²) in [6.45, 7) is 0. The van der Waals surface area contributed by atoms with Gasteiger partial charge in [0.05, 0.1) is 11.1 Å². The Morgan fingerprint density at radius 3 is 2.52 bits per heavy atom. The van der Waals surface area contributed by atoms with Crippen LogP contribution >= 0.6 is 27.3 Å². The number of ketones is 1. The minimum atomic E-state index is -0.0268. The maximum absolute atomic E-state index is 12.4. The number of benzene rings is 2. The van der Waals surface area contributed by atoms with Gasteiger partial charge in [0.2, 0.25) is 5.78 Å². The molecular formula is C16H11BrN2OS. The minimum Gasteiger partial charge on any atom is -0.332 e. The summed E-state index contributed by atoms with van der Waals surface area (Å²) >= 11 is 4.75. The highest BCUT2D eigenvalue weighted by molar-refractivity contribution is 9.10. The highest BCUT2D eigenvalue weighted by Crippen LogP contribution is 2.26. The molecule has 0 amide bonds. The molecule has 1 heterocycles. The van der Waals surface area contributed by atoms with E-state index in [1.54, 1.807) is 12.3 Å². The molecule has 1 N–H and O–H groups in total. The number of halogens is 1. The lowest BCUT2D eigenvalue weighted by Gasteiger charge is -2.01. The van der Waals surface area contributed by atoms with E-state index in [1.807, 2.05) is 48.5 Å². The standard InChI is InChI=1S/C16H11BrN2OS/c17-13-9-5-4-8-12(13)15(20)14-10-18-16(21-14)19-11-6-2-1-3-7-11/h1-10H,(H,18,19). The molecule has 2 aromatic carbocycles. The highest BCUT2D eigenvalue weighted by Gasteiger charge is 2.15. The van der Waals surface area contributed by atoms with E-state index < -0.39 is 0 Å². The predicted molar refractivity (Wildman–Crippen MR) is 89.4 cm³/mol. The zero-order valence-electron chi connectivity index (χ0n) is 10.9. The molecule has 0 aliphatic heterocycles. The summed E-state index contributed by atoms with van der Waals surface area (Å²) in [7, 11) is 0. The minimum absolute atomic E-state index is 0.0268. The van der Waals surface area contributed by atoms with Crippen LogP contribution in [0.15, 0.2) is 65.3 Å². The third-order valence-corrected chi connectivity index (χ3v) is 4.48. The fourth-order valence-corrected chi connectivity index (χ4v) is 3.12. The second-order valence-electron chi connectivity index (χ2n) is 4.33. The number of rotatable bonds is 4. The average Bonchev–Trinajstić information content (AvgIpc) is 2.97. The molecule has 1 aromatic heterocycles. The number of carbonyl (C=O) groups is 1. The van der Waals surface area contributed by atoms with Gasteiger partial charge in [0.15, 0.2) is 5.13 Å². The largest absolute Gasteiger partial charge is 0.332 e. The zero-order valence-corrected chi connectivity index (χ0v) is 13.3. The fraction of sp³-hybridized carbons (Fsp3) is 0. The Bertz CT molecular complexity index is 771. The summed E-state index contributed by atoms with van der Waals surface area (Å²) < 4.78 is 0.793. The molecule has 0 unspecified atom stereocenters. The van der Waals surface area contributed by atoms with Crippen molar-refractivity contribution < 1.29 is 4.79 Å². The third-order valence-electron chi connectivity index (χ3n) is 2.87. The second kappa shape index (κ2) is 6.20. The Balaban J connectivity index is 1.82. The first-order chi connectivity index (χ1) is 10.2. The van der Waals surface area contributed by atoms with E-state index in [2.05, 4.69) is 26.2 Å². The number of nitrogens with one attached hydrogen (secondary N) is 1. The molecule has 0 radical (unpaired) electrons. The average molecular weight is 359 g/mol. The summed E-state index contributed by atoms with van der Waals surface area (Å²) in [5, 5.41) is 3.89. The van der Waals surface area contributed by atoms with Gasteiger partial charge in [-0.3, -0.25) is 4.79 Å². The molecule has 0 atom stereocenters. The number of thiazole rings is 1. The van der Waals surface area contributed by atoms with Crippen molar-refractivity contribution in [1.82, 2.24) is 4.98 Å². The van der Waals surface area contributed by atoms with Gasteiger partial charge in [-0.2, -0.15) is 0 Å². The first kappa shape index (κ1) is 14.0. The Kier molecular flexibility index (Phi) is 4.13. The van der Waals surface area contributed by atoms with Crippen LogP contribution in [-0.2, 0) is 0 Å². The molecular weight excluding hydrogens is 348 g/mol.